The molecule has 0 unspecified atom stereocenters. The van der Waals surface area contributed by atoms with Gasteiger partial charge in [0.05, 0.1) is 11.4 Å². The Morgan fingerprint density at radius 2 is 1.96 bits per heavy atom. The van der Waals surface area contributed by atoms with Crippen molar-refractivity contribution >= 4 is 29.0 Å². The molecule has 146 valence electrons. The minimum absolute atomic E-state index is 0.107. The fraction of sp³-hybridized carbons (Fsp3) is 0.316. The summed E-state index contributed by atoms with van der Waals surface area (Å²) in [6, 6.07) is 9.90. The molecule has 0 saturated heterocycles. The molecule has 0 radical (unpaired) electrons. The molecule has 9 nitrogen and oxygen atoms in total. The molecule has 1 aliphatic rings. The number of para-hydroxylation sites is 2. The average molecular weight is 384 g/mol. The van der Waals surface area contributed by atoms with Gasteiger partial charge in [-0.1, -0.05) is 12.1 Å². The highest BCUT2D eigenvalue weighted by Crippen LogP contribution is 2.37. The fourth-order valence-corrected chi connectivity index (χ4v) is 3.02. The fourth-order valence-electron chi connectivity index (χ4n) is 3.02. The maximum atomic E-state index is 13.2. The number of carbonyl (C=O) groups excluding carboxylic acids is 2. The molecule has 2 aromatic rings. The maximum absolute atomic E-state index is 13.2. The third kappa shape index (κ3) is 3.26. The molecule has 1 N–H and O–H groups in total. The van der Waals surface area contributed by atoms with Crippen LogP contribution in [0, 0.1) is 17.0 Å². The van der Waals surface area contributed by atoms with Crippen molar-refractivity contribution in [1.82, 2.24) is 4.98 Å². The van der Waals surface area contributed by atoms with Crippen molar-refractivity contribution in [3.05, 3.63) is 52.2 Å². The summed E-state index contributed by atoms with van der Waals surface area (Å²) in [7, 11) is 0. The Kier molecular flexibility index (Phi) is 4.76. The second-order valence-corrected chi connectivity index (χ2v) is 7.00. The number of anilines is 2. The van der Waals surface area contributed by atoms with Crippen molar-refractivity contribution in [2.75, 3.05) is 10.2 Å². The van der Waals surface area contributed by atoms with E-state index in [0.717, 1.165) is 0 Å². The monoisotopic (exact) mass is 384 g/mol. The first-order valence-corrected chi connectivity index (χ1v) is 8.66. The molecule has 1 aromatic heterocycles. The summed E-state index contributed by atoms with van der Waals surface area (Å²) in [6.45, 7) is 6.35. The number of nitro groups is 1. The Bertz CT molecular complexity index is 973. The predicted octanol–water partition coefficient (Wildman–Crippen LogP) is 2.83. The first kappa shape index (κ1) is 19.3. The lowest BCUT2D eigenvalue weighted by molar-refractivity contribution is -0.390. The summed E-state index contributed by atoms with van der Waals surface area (Å²) in [5.41, 5.74) is 0.334. The number of amides is 2. The van der Waals surface area contributed by atoms with E-state index in [0.29, 0.717) is 17.1 Å². The Balaban J connectivity index is 1.95. The van der Waals surface area contributed by atoms with E-state index < -0.39 is 28.3 Å². The van der Waals surface area contributed by atoms with E-state index in [4.69, 9.17) is 4.74 Å². The van der Waals surface area contributed by atoms with E-state index in [2.05, 4.69) is 10.3 Å². The van der Waals surface area contributed by atoms with Crippen molar-refractivity contribution in [1.29, 1.82) is 0 Å². The highest BCUT2D eigenvalue weighted by molar-refractivity contribution is 6.14. The van der Waals surface area contributed by atoms with Crippen molar-refractivity contribution in [2.45, 2.75) is 39.3 Å². The number of hydrogen-bond acceptors (Lipinski definition) is 6. The number of pyridine rings is 1. The summed E-state index contributed by atoms with van der Waals surface area (Å²) in [4.78, 5) is 41.5. The zero-order valence-electron chi connectivity index (χ0n) is 15.9. The van der Waals surface area contributed by atoms with Crippen LogP contribution in [0.1, 0.15) is 26.5 Å². The number of nitrogens with one attached hydrogen (secondary N) is 1. The molecular weight excluding hydrogens is 364 g/mol. The van der Waals surface area contributed by atoms with E-state index >= 15 is 0 Å². The van der Waals surface area contributed by atoms with Crippen LogP contribution in [0.25, 0.3) is 0 Å². The largest absolute Gasteiger partial charge is 0.473 e. The van der Waals surface area contributed by atoms with Gasteiger partial charge in [0.1, 0.15) is 11.2 Å². The quantitative estimate of drug-likeness (QED) is 0.640. The second kappa shape index (κ2) is 6.91. The lowest BCUT2D eigenvalue weighted by Gasteiger charge is -2.42. The second-order valence-electron chi connectivity index (χ2n) is 7.00. The third-order valence-electron chi connectivity index (χ3n) is 4.53. The van der Waals surface area contributed by atoms with Crippen molar-refractivity contribution < 1.29 is 19.2 Å². The van der Waals surface area contributed by atoms with Crippen molar-refractivity contribution in [3.63, 3.8) is 0 Å². The molecule has 1 atom stereocenters. The molecule has 1 aromatic carbocycles. The van der Waals surface area contributed by atoms with Gasteiger partial charge in [-0.2, -0.15) is 0 Å². The number of aryl methyl sites for hydroxylation is 1. The van der Waals surface area contributed by atoms with Crippen LogP contribution in [-0.2, 0) is 9.59 Å². The predicted molar refractivity (Wildman–Crippen MR) is 102 cm³/mol. The Morgan fingerprint density at radius 1 is 1.29 bits per heavy atom. The summed E-state index contributed by atoms with van der Waals surface area (Å²) in [5, 5.41) is 14.0. The van der Waals surface area contributed by atoms with E-state index in [9.17, 15) is 19.7 Å². The molecule has 0 aliphatic carbocycles. The minimum atomic E-state index is -1.17. The van der Waals surface area contributed by atoms with Crippen LogP contribution in [0.3, 0.4) is 0 Å². The molecule has 9 heteroatoms. The first-order valence-electron chi connectivity index (χ1n) is 8.66. The molecule has 3 rings (SSSR count). The number of hydrogen-bond donors (Lipinski definition) is 1. The standard InChI is InChI=1S/C19H20N4O5/c1-11-9-10-15(16(20-11)23(26)27)28-12(2)17(24)22-14-8-6-5-7-13(14)21-18(25)19(22,3)4/h5-10,12H,1-4H3,(H,21,25)/t12-/m1/s1. The van der Waals surface area contributed by atoms with Gasteiger partial charge in [-0.15, -0.1) is 0 Å². The summed E-state index contributed by atoms with van der Waals surface area (Å²) in [5.74, 6) is -1.41. The molecule has 0 saturated carbocycles. The molecule has 2 amide bonds. The van der Waals surface area contributed by atoms with Gasteiger partial charge < -0.3 is 20.2 Å². The minimum Gasteiger partial charge on any atom is -0.473 e. The van der Waals surface area contributed by atoms with Crippen molar-refractivity contribution in [3.8, 4) is 5.75 Å². The van der Waals surface area contributed by atoms with Gasteiger partial charge in [0.25, 0.3) is 5.91 Å². The SMILES string of the molecule is Cc1ccc(O[C@H](C)C(=O)N2c3ccccc3NC(=O)C2(C)C)c([N+](=O)[O-])n1. The third-order valence-corrected chi connectivity index (χ3v) is 4.53. The molecule has 1 aliphatic heterocycles. The van der Waals surface area contributed by atoms with Gasteiger partial charge in [0.15, 0.2) is 6.10 Å². The summed E-state index contributed by atoms with van der Waals surface area (Å²) in [6.07, 6.45) is -1.08. The van der Waals surface area contributed by atoms with Crippen LogP contribution in [0.2, 0.25) is 0 Å². The topological polar surface area (TPSA) is 115 Å². The lowest BCUT2D eigenvalue weighted by atomic mass is 9.95. The van der Waals surface area contributed by atoms with Gasteiger partial charge in [-0.25, -0.2) is 0 Å². The zero-order chi connectivity index (χ0) is 20.6. The maximum Gasteiger partial charge on any atom is 0.406 e. The van der Waals surface area contributed by atoms with E-state index in [1.807, 2.05) is 0 Å². The van der Waals surface area contributed by atoms with Gasteiger partial charge >= 0.3 is 5.82 Å². The number of aromatic nitrogens is 1. The lowest BCUT2D eigenvalue weighted by Crippen LogP contribution is -2.60. The highest BCUT2D eigenvalue weighted by atomic mass is 16.6. The smallest absolute Gasteiger partial charge is 0.406 e. The van der Waals surface area contributed by atoms with Crippen LogP contribution < -0.4 is 15.0 Å². The van der Waals surface area contributed by atoms with Crippen LogP contribution in [0.4, 0.5) is 17.2 Å². The normalized spacial score (nSPS) is 16.0. The van der Waals surface area contributed by atoms with Crippen LogP contribution in [-0.4, -0.2) is 33.4 Å². The Labute approximate surface area is 161 Å². The number of nitrogens with zero attached hydrogens (tertiary/aromatic N) is 3. The average Bonchev–Trinajstić information content (AvgIpc) is 2.63. The van der Waals surface area contributed by atoms with E-state index in [1.165, 1.54) is 17.9 Å². The van der Waals surface area contributed by atoms with E-state index in [-0.39, 0.29) is 11.7 Å². The number of carbonyl (C=O) groups is 2. The van der Waals surface area contributed by atoms with Crippen LogP contribution in [0.5, 0.6) is 5.75 Å². The number of benzene rings is 1. The number of rotatable bonds is 4. The summed E-state index contributed by atoms with van der Waals surface area (Å²) < 4.78 is 5.59. The van der Waals surface area contributed by atoms with Gasteiger partial charge in [0.2, 0.25) is 11.7 Å². The Hall–Kier alpha value is -3.49. The molecular formula is C19H20N4O5. The van der Waals surface area contributed by atoms with Gasteiger partial charge in [0, 0.05) is 6.92 Å². The molecule has 0 spiro atoms. The molecule has 28 heavy (non-hydrogen) atoms. The van der Waals surface area contributed by atoms with Gasteiger partial charge in [-0.3, -0.25) is 14.5 Å². The van der Waals surface area contributed by atoms with Crippen LogP contribution >= 0.6 is 0 Å². The highest BCUT2D eigenvalue weighted by Gasteiger charge is 2.45. The molecule has 2 heterocycles. The van der Waals surface area contributed by atoms with Crippen molar-refractivity contribution in [2.24, 2.45) is 0 Å². The Morgan fingerprint density at radius 3 is 2.64 bits per heavy atom. The number of fused-ring (bicyclic) bond motifs is 1. The van der Waals surface area contributed by atoms with E-state index in [1.54, 1.807) is 51.1 Å². The van der Waals surface area contributed by atoms with Gasteiger partial charge in [-0.05, 0) is 54.9 Å². The zero-order valence-corrected chi connectivity index (χ0v) is 15.9. The van der Waals surface area contributed by atoms with Crippen LogP contribution in [0.15, 0.2) is 36.4 Å². The summed E-state index contributed by atoms with van der Waals surface area (Å²) >= 11 is 0. The first-order chi connectivity index (χ1) is 13.1. The molecule has 0 bridgehead atoms. The number of ether oxygens (including phenoxy) is 1. The molecule has 0 fully saturated rings.